The Labute approximate surface area is 114 Å². The molecule has 0 unspecified atom stereocenters. The summed E-state index contributed by atoms with van der Waals surface area (Å²) in [5.74, 6) is -0.688. The molecular formula is C14H20ClNO2. The number of benzene rings is 1. The molecule has 0 spiro atoms. The van der Waals surface area contributed by atoms with Crippen LogP contribution in [-0.2, 0) is 11.3 Å². The number of carboxylic acid groups (broad SMARTS) is 1. The van der Waals surface area contributed by atoms with Crippen LogP contribution in [0, 0.1) is 13.8 Å². The Bertz CT molecular complexity index is 414. The Balaban J connectivity index is 0.00000162. The highest BCUT2D eigenvalue weighted by molar-refractivity contribution is 5.85. The number of hydrogen-bond donors (Lipinski definition) is 1. The number of aliphatic carboxylic acids is 1. The van der Waals surface area contributed by atoms with Gasteiger partial charge in [-0.15, -0.1) is 12.4 Å². The number of hydrogen-bond acceptors (Lipinski definition) is 2. The van der Waals surface area contributed by atoms with Crippen molar-refractivity contribution in [3.8, 4) is 0 Å². The summed E-state index contributed by atoms with van der Waals surface area (Å²) < 4.78 is 0. The first kappa shape index (κ1) is 15.0. The molecule has 1 aromatic rings. The number of nitrogens with zero attached hydrogens (tertiary/aromatic N) is 1. The maximum Gasteiger partial charge on any atom is 0.320 e. The van der Waals surface area contributed by atoms with Gasteiger partial charge in [0.1, 0.15) is 6.04 Å². The lowest BCUT2D eigenvalue weighted by molar-refractivity contribution is -0.142. The summed E-state index contributed by atoms with van der Waals surface area (Å²) in [6.45, 7) is 5.80. The van der Waals surface area contributed by atoms with E-state index in [1.165, 1.54) is 16.7 Å². The Morgan fingerprint density at radius 3 is 2.50 bits per heavy atom. The van der Waals surface area contributed by atoms with E-state index < -0.39 is 5.97 Å². The molecule has 1 fully saturated rings. The van der Waals surface area contributed by atoms with Gasteiger partial charge in [0.25, 0.3) is 0 Å². The first-order valence-electron chi connectivity index (χ1n) is 6.10. The van der Waals surface area contributed by atoms with E-state index in [0.29, 0.717) is 0 Å². The standard InChI is InChI=1S/C14H19NO2.ClH/c1-10-6-11(2)8-12(7-10)9-15-5-3-4-13(15)14(16)17;/h6-8,13H,3-5,9H2,1-2H3,(H,16,17);1H/t13-;/m1./s1. The van der Waals surface area contributed by atoms with Crippen molar-refractivity contribution < 1.29 is 9.90 Å². The third-order valence-electron chi connectivity index (χ3n) is 3.32. The molecule has 0 bridgehead atoms. The predicted molar refractivity (Wildman–Crippen MR) is 74.2 cm³/mol. The van der Waals surface area contributed by atoms with Gasteiger partial charge in [-0.2, -0.15) is 0 Å². The van der Waals surface area contributed by atoms with Crippen molar-refractivity contribution in [2.24, 2.45) is 0 Å². The maximum absolute atomic E-state index is 11.1. The zero-order valence-corrected chi connectivity index (χ0v) is 11.7. The normalized spacial score (nSPS) is 19.6. The Kier molecular flexibility index (Phi) is 5.17. The van der Waals surface area contributed by atoms with Crippen LogP contribution in [0.4, 0.5) is 0 Å². The average molecular weight is 270 g/mol. The van der Waals surface area contributed by atoms with Crippen LogP contribution >= 0.6 is 12.4 Å². The van der Waals surface area contributed by atoms with E-state index in [4.69, 9.17) is 5.11 Å². The molecule has 1 atom stereocenters. The van der Waals surface area contributed by atoms with Crippen LogP contribution < -0.4 is 0 Å². The van der Waals surface area contributed by atoms with Gasteiger partial charge in [-0.05, 0) is 38.8 Å². The summed E-state index contributed by atoms with van der Waals surface area (Å²) in [5.41, 5.74) is 3.70. The van der Waals surface area contributed by atoms with Crippen molar-refractivity contribution in [2.75, 3.05) is 6.54 Å². The number of halogens is 1. The quantitative estimate of drug-likeness (QED) is 0.917. The van der Waals surface area contributed by atoms with Crippen molar-refractivity contribution in [2.45, 2.75) is 39.3 Å². The van der Waals surface area contributed by atoms with E-state index in [-0.39, 0.29) is 18.4 Å². The SMILES string of the molecule is Cc1cc(C)cc(CN2CCC[C@@H]2C(=O)O)c1.Cl. The monoisotopic (exact) mass is 269 g/mol. The highest BCUT2D eigenvalue weighted by Crippen LogP contribution is 2.21. The van der Waals surface area contributed by atoms with E-state index in [1.807, 2.05) is 0 Å². The van der Waals surface area contributed by atoms with Crippen LogP contribution in [0.15, 0.2) is 18.2 Å². The minimum atomic E-state index is -0.688. The molecular weight excluding hydrogens is 250 g/mol. The van der Waals surface area contributed by atoms with Crippen LogP contribution in [-0.4, -0.2) is 28.6 Å². The minimum Gasteiger partial charge on any atom is -0.480 e. The number of aryl methyl sites for hydroxylation is 2. The molecule has 4 heteroatoms. The molecule has 1 aromatic carbocycles. The molecule has 0 aromatic heterocycles. The van der Waals surface area contributed by atoms with Crippen molar-refractivity contribution in [1.29, 1.82) is 0 Å². The first-order chi connectivity index (χ1) is 8.06. The number of carbonyl (C=O) groups is 1. The van der Waals surface area contributed by atoms with E-state index in [1.54, 1.807) is 0 Å². The van der Waals surface area contributed by atoms with Gasteiger partial charge < -0.3 is 5.11 Å². The molecule has 1 aliphatic heterocycles. The molecule has 0 aliphatic carbocycles. The fourth-order valence-corrected chi connectivity index (χ4v) is 2.69. The lowest BCUT2D eigenvalue weighted by atomic mass is 10.1. The van der Waals surface area contributed by atoms with E-state index >= 15 is 0 Å². The van der Waals surface area contributed by atoms with Gasteiger partial charge in [0, 0.05) is 6.54 Å². The third kappa shape index (κ3) is 3.47. The smallest absolute Gasteiger partial charge is 0.320 e. The summed E-state index contributed by atoms with van der Waals surface area (Å²) >= 11 is 0. The van der Waals surface area contributed by atoms with Gasteiger partial charge in [0.15, 0.2) is 0 Å². The molecule has 0 saturated carbocycles. The second-order valence-electron chi connectivity index (χ2n) is 4.96. The zero-order chi connectivity index (χ0) is 12.4. The van der Waals surface area contributed by atoms with Crippen LogP contribution in [0.2, 0.25) is 0 Å². The average Bonchev–Trinajstić information content (AvgIpc) is 2.63. The second-order valence-corrected chi connectivity index (χ2v) is 4.96. The van der Waals surface area contributed by atoms with E-state index in [2.05, 4.69) is 36.9 Å². The fraction of sp³-hybridized carbons (Fsp3) is 0.500. The molecule has 3 nitrogen and oxygen atoms in total. The van der Waals surface area contributed by atoms with Crippen molar-refractivity contribution >= 4 is 18.4 Å². The summed E-state index contributed by atoms with van der Waals surface area (Å²) in [5, 5.41) is 9.13. The van der Waals surface area contributed by atoms with Crippen LogP contribution in [0.3, 0.4) is 0 Å². The Morgan fingerprint density at radius 2 is 1.94 bits per heavy atom. The molecule has 0 amide bonds. The van der Waals surface area contributed by atoms with Crippen molar-refractivity contribution in [1.82, 2.24) is 4.90 Å². The predicted octanol–water partition coefficient (Wildman–Crippen LogP) is 2.77. The third-order valence-corrected chi connectivity index (χ3v) is 3.32. The van der Waals surface area contributed by atoms with Gasteiger partial charge in [0.05, 0.1) is 0 Å². The second kappa shape index (κ2) is 6.21. The van der Waals surface area contributed by atoms with Crippen LogP contribution in [0.5, 0.6) is 0 Å². The summed E-state index contributed by atoms with van der Waals surface area (Å²) in [6, 6.07) is 6.13. The molecule has 2 rings (SSSR count). The van der Waals surface area contributed by atoms with Gasteiger partial charge in [-0.25, -0.2) is 0 Å². The van der Waals surface area contributed by atoms with Crippen LogP contribution in [0.1, 0.15) is 29.5 Å². The molecule has 1 saturated heterocycles. The van der Waals surface area contributed by atoms with E-state index in [9.17, 15) is 4.79 Å². The van der Waals surface area contributed by atoms with Crippen molar-refractivity contribution in [3.05, 3.63) is 34.9 Å². The lowest BCUT2D eigenvalue weighted by Crippen LogP contribution is -2.35. The first-order valence-corrected chi connectivity index (χ1v) is 6.10. The molecule has 100 valence electrons. The summed E-state index contributed by atoms with van der Waals surface area (Å²) in [7, 11) is 0. The molecule has 0 radical (unpaired) electrons. The Hall–Kier alpha value is -1.06. The van der Waals surface area contributed by atoms with Gasteiger partial charge >= 0.3 is 5.97 Å². The number of carboxylic acids is 1. The molecule has 1 heterocycles. The Morgan fingerprint density at radius 1 is 1.33 bits per heavy atom. The van der Waals surface area contributed by atoms with Gasteiger partial charge in [-0.3, -0.25) is 9.69 Å². The van der Waals surface area contributed by atoms with Gasteiger partial charge in [0.2, 0.25) is 0 Å². The summed E-state index contributed by atoms with van der Waals surface area (Å²) in [4.78, 5) is 13.2. The zero-order valence-electron chi connectivity index (χ0n) is 10.8. The minimum absolute atomic E-state index is 0. The number of rotatable bonds is 3. The molecule has 1 aliphatic rings. The molecule has 1 N–H and O–H groups in total. The van der Waals surface area contributed by atoms with Crippen molar-refractivity contribution in [3.63, 3.8) is 0 Å². The molecule has 18 heavy (non-hydrogen) atoms. The number of likely N-dealkylation sites (tertiary alicyclic amines) is 1. The highest BCUT2D eigenvalue weighted by Gasteiger charge is 2.30. The maximum atomic E-state index is 11.1. The van der Waals surface area contributed by atoms with Crippen LogP contribution in [0.25, 0.3) is 0 Å². The van der Waals surface area contributed by atoms with E-state index in [0.717, 1.165) is 25.9 Å². The summed E-state index contributed by atoms with van der Waals surface area (Å²) in [6.07, 6.45) is 1.77. The van der Waals surface area contributed by atoms with Gasteiger partial charge in [-0.1, -0.05) is 29.3 Å². The fourth-order valence-electron chi connectivity index (χ4n) is 2.69. The lowest BCUT2D eigenvalue weighted by Gasteiger charge is -2.21. The topological polar surface area (TPSA) is 40.5 Å². The largest absolute Gasteiger partial charge is 0.480 e. The highest BCUT2D eigenvalue weighted by atomic mass is 35.5.